The Labute approximate surface area is 111 Å². The summed E-state index contributed by atoms with van der Waals surface area (Å²) < 4.78 is 6.02. The Morgan fingerprint density at radius 3 is 2.63 bits per heavy atom. The van der Waals surface area contributed by atoms with Gasteiger partial charge in [-0.1, -0.05) is 24.3 Å². The van der Waals surface area contributed by atoms with Crippen molar-refractivity contribution >= 4 is 16.7 Å². The maximum atomic E-state index is 11.2. The monoisotopic (exact) mass is 256 g/mol. The molecule has 0 radical (unpaired) electrons. The summed E-state index contributed by atoms with van der Waals surface area (Å²) in [6.07, 6.45) is 4.74. The number of carboxylic acid groups (broad SMARTS) is 1. The quantitative estimate of drug-likeness (QED) is 0.907. The first kappa shape index (κ1) is 12.0. The Morgan fingerprint density at radius 1 is 1.16 bits per heavy atom. The van der Waals surface area contributed by atoms with Crippen molar-refractivity contribution in [1.29, 1.82) is 0 Å². The number of fused-ring (bicyclic) bond motifs is 1. The summed E-state index contributed by atoms with van der Waals surface area (Å²) in [6.45, 7) is 0. The van der Waals surface area contributed by atoms with Gasteiger partial charge in [-0.05, 0) is 43.2 Å². The van der Waals surface area contributed by atoms with Gasteiger partial charge in [0.05, 0.1) is 11.7 Å². The minimum absolute atomic E-state index is 0.229. The molecule has 19 heavy (non-hydrogen) atoms. The van der Waals surface area contributed by atoms with Gasteiger partial charge in [0.1, 0.15) is 5.75 Å². The maximum absolute atomic E-state index is 11.2. The average Bonchev–Trinajstić information content (AvgIpc) is 2.91. The molecule has 0 amide bonds. The van der Waals surface area contributed by atoms with Crippen molar-refractivity contribution in [2.24, 2.45) is 0 Å². The van der Waals surface area contributed by atoms with Gasteiger partial charge in [-0.15, -0.1) is 0 Å². The zero-order chi connectivity index (χ0) is 13.2. The smallest absolute Gasteiger partial charge is 0.335 e. The summed E-state index contributed by atoms with van der Waals surface area (Å²) in [4.78, 5) is 11.2. The molecule has 0 atom stereocenters. The topological polar surface area (TPSA) is 46.5 Å². The Morgan fingerprint density at radius 2 is 1.89 bits per heavy atom. The van der Waals surface area contributed by atoms with Crippen LogP contribution >= 0.6 is 0 Å². The fourth-order valence-corrected chi connectivity index (χ4v) is 2.68. The first-order valence-corrected chi connectivity index (χ1v) is 6.67. The van der Waals surface area contributed by atoms with Gasteiger partial charge in [0.2, 0.25) is 0 Å². The van der Waals surface area contributed by atoms with E-state index in [9.17, 15) is 9.90 Å². The molecule has 0 saturated heterocycles. The fourth-order valence-electron chi connectivity index (χ4n) is 2.68. The third-order valence-corrected chi connectivity index (χ3v) is 3.67. The van der Waals surface area contributed by atoms with Crippen LogP contribution in [0.25, 0.3) is 10.8 Å². The highest BCUT2D eigenvalue weighted by Crippen LogP contribution is 2.31. The summed E-state index contributed by atoms with van der Waals surface area (Å²) in [7, 11) is 0. The molecule has 1 aliphatic rings. The minimum atomic E-state index is -0.915. The lowest BCUT2D eigenvalue weighted by molar-refractivity contribution is 0.0696. The lowest BCUT2D eigenvalue weighted by Gasteiger charge is -2.15. The Kier molecular flexibility index (Phi) is 3.11. The van der Waals surface area contributed by atoms with Crippen LogP contribution in [0.1, 0.15) is 36.0 Å². The van der Waals surface area contributed by atoms with Crippen molar-refractivity contribution in [2.45, 2.75) is 31.8 Å². The molecule has 1 aliphatic carbocycles. The van der Waals surface area contributed by atoms with E-state index in [1.807, 2.05) is 24.3 Å². The average molecular weight is 256 g/mol. The summed E-state index contributed by atoms with van der Waals surface area (Å²) in [5.74, 6) is -0.218. The van der Waals surface area contributed by atoms with Crippen molar-refractivity contribution in [3.05, 3.63) is 42.0 Å². The number of ether oxygens (including phenoxy) is 1. The van der Waals surface area contributed by atoms with Gasteiger partial charge in [0, 0.05) is 5.39 Å². The molecular weight excluding hydrogens is 240 g/mol. The number of carboxylic acids is 1. The van der Waals surface area contributed by atoms with Crippen LogP contribution in [0.3, 0.4) is 0 Å². The molecule has 2 aromatic carbocycles. The molecule has 0 aromatic heterocycles. The molecule has 3 nitrogen and oxygen atoms in total. The van der Waals surface area contributed by atoms with Gasteiger partial charge in [-0.25, -0.2) is 4.79 Å². The summed E-state index contributed by atoms with van der Waals surface area (Å²) in [5.41, 5.74) is 0.284. The van der Waals surface area contributed by atoms with Crippen molar-refractivity contribution in [1.82, 2.24) is 0 Å². The van der Waals surface area contributed by atoms with Crippen molar-refractivity contribution in [2.75, 3.05) is 0 Å². The van der Waals surface area contributed by atoms with E-state index in [1.165, 1.54) is 12.8 Å². The molecule has 1 fully saturated rings. The van der Waals surface area contributed by atoms with E-state index < -0.39 is 5.97 Å². The summed E-state index contributed by atoms with van der Waals surface area (Å²) in [6, 6.07) is 11.1. The zero-order valence-corrected chi connectivity index (χ0v) is 10.6. The lowest BCUT2D eigenvalue weighted by Crippen LogP contribution is -2.11. The maximum Gasteiger partial charge on any atom is 0.335 e. The van der Waals surface area contributed by atoms with Crippen LogP contribution in [-0.4, -0.2) is 17.2 Å². The fraction of sp³-hybridized carbons (Fsp3) is 0.312. The predicted molar refractivity (Wildman–Crippen MR) is 73.8 cm³/mol. The molecular formula is C16H16O3. The number of hydrogen-bond donors (Lipinski definition) is 1. The second-order valence-electron chi connectivity index (χ2n) is 5.02. The second-order valence-corrected chi connectivity index (χ2v) is 5.02. The molecule has 98 valence electrons. The van der Waals surface area contributed by atoms with E-state index in [1.54, 1.807) is 12.1 Å². The highest BCUT2D eigenvalue weighted by atomic mass is 16.5. The number of hydrogen-bond acceptors (Lipinski definition) is 2. The van der Waals surface area contributed by atoms with Crippen LogP contribution in [0.5, 0.6) is 5.75 Å². The summed E-state index contributed by atoms with van der Waals surface area (Å²) in [5, 5.41) is 11.1. The van der Waals surface area contributed by atoms with Gasteiger partial charge in [-0.2, -0.15) is 0 Å². The number of carbonyl (C=O) groups is 1. The molecule has 2 aromatic rings. The highest BCUT2D eigenvalue weighted by molar-refractivity contribution is 5.97. The molecule has 0 bridgehead atoms. The first-order chi connectivity index (χ1) is 9.24. The van der Waals surface area contributed by atoms with E-state index in [-0.39, 0.29) is 11.7 Å². The number of rotatable bonds is 3. The van der Waals surface area contributed by atoms with Crippen LogP contribution in [0.4, 0.5) is 0 Å². The van der Waals surface area contributed by atoms with Crippen molar-refractivity contribution in [3.63, 3.8) is 0 Å². The Hall–Kier alpha value is -2.03. The van der Waals surface area contributed by atoms with Gasteiger partial charge in [0.25, 0.3) is 0 Å². The molecule has 1 N–H and O–H groups in total. The third kappa shape index (κ3) is 2.41. The Bertz CT molecular complexity index is 612. The number of aromatic carboxylic acids is 1. The zero-order valence-electron chi connectivity index (χ0n) is 10.6. The van der Waals surface area contributed by atoms with Crippen LogP contribution in [-0.2, 0) is 0 Å². The molecule has 3 rings (SSSR count). The van der Waals surface area contributed by atoms with Gasteiger partial charge < -0.3 is 9.84 Å². The highest BCUT2D eigenvalue weighted by Gasteiger charge is 2.18. The normalized spacial score (nSPS) is 15.8. The van der Waals surface area contributed by atoms with Crippen molar-refractivity contribution in [3.8, 4) is 5.75 Å². The van der Waals surface area contributed by atoms with E-state index in [0.29, 0.717) is 5.75 Å². The first-order valence-electron chi connectivity index (χ1n) is 6.67. The summed E-state index contributed by atoms with van der Waals surface area (Å²) >= 11 is 0. The molecule has 0 spiro atoms. The molecule has 3 heteroatoms. The standard InChI is InChI=1S/C16H16O3/c17-16(18)12-9-11-5-1-4-8-14(11)15(10-12)19-13-6-2-3-7-13/h1,4-5,8-10,13H,2-3,6-7H2,(H,17,18). The van der Waals surface area contributed by atoms with E-state index in [0.717, 1.165) is 23.6 Å². The predicted octanol–water partition coefficient (Wildman–Crippen LogP) is 3.86. The molecule has 0 heterocycles. The molecule has 1 saturated carbocycles. The van der Waals surface area contributed by atoms with Crippen LogP contribution in [0, 0.1) is 0 Å². The number of benzene rings is 2. The largest absolute Gasteiger partial charge is 0.490 e. The van der Waals surface area contributed by atoms with Gasteiger partial charge in [0.15, 0.2) is 0 Å². The SMILES string of the molecule is O=C(O)c1cc(OC2CCCC2)c2ccccc2c1. The minimum Gasteiger partial charge on any atom is -0.490 e. The van der Waals surface area contributed by atoms with Gasteiger partial charge in [-0.3, -0.25) is 0 Å². The van der Waals surface area contributed by atoms with Crippen molar-refractivity contribution < 1.29 is 14.6 Å². The van der Waals surface area contributed by atoms with E-state index in [2.05, 4.69) is 0 Å². The van der Waals surface area contributed by atoms with E-state index in [4.69, 9.17) is 4.74 Å². The third-order valence-electron chi connectivity index (χ3n) is 3.67. The Balaban J connectivity index is 2.06. The van der Waals surface area contributed by atoms with Crippen LogP contribution in [0.2, 0.25) is 0 Å². The second kappa shape index (κ2) is 4.92. The lowest BCUT2D eigenvalue weighted by atomic mass is 10.1. The molecule has 0 aliphatic heterocycles. The van der Waals surface area contributed by atoms with Crippen LogP contribution < -0.4 is 4.74 Å². The molecule has 0 unspecified atom stereocenters. The van der Waals surface area contributed by atoms with Crippen LogP contribution in [0.15, 0.2) is 36.4 Å². The van der Waals surface area contributed by atoms with Gasteiger partial charge >= 0.3 is 5.97 Å². The van der Waals surface area contributed by atoms with E-state index >= 15 is 0 Å².